The molecule has 0 amide bonds. The van der Waals surface area contributed by atoms with Crippen LogP contribution in [-0.4, -0.2) is 45.2 Å². The van der Waals surface area contributed by atoms with E-state index in [-0.39, 0.29) is 24.6 Å². The van der Waals surface area contributed by atoms with Crippen molar-refractivity contribution in [3.05, 3.63) is 22.6 Å². The van der Waals surface area contributed by atoms with Gasteiger partial charge in [0.15, 0.2) is 5.65 Å². The highest BCUT2D eigenvalue weighted by molar-refractivity contribution is 5.81. The van der Waals surface area contributed by atoms with Crippen LogP contribution in [0.15, 0.2) is 16.9 Å². The van der Waals surface area contributed by atoms with Crippen LogP contribution in [-0.2, 0) is 23.1 Å². The number of halogens is 2. The van der Waals surface area contributed by atoms with Crippen molar-refractivity contribution in [2.24, 2.45) is 13.0 Å². The highest BCUT2D eigenvalue weighted by atomic mass is 19.3. The maximum Gasteiger partial charge on any atom is 0.330 e. The van der Waals surface area contributed by atoms with E-state index in [4.69, 9.17) is 4.74 Å². The van der Waals surface area contributed by atoms with Crippen molar-refractivity contribution < 1.29 is 18.3 Å². The molecule has 3 heterocycles. The number of ether oxygens (including phenoxy) is 1. The van der Waals surface area contributed by atoms with Gasteiger partial charge in [-0.05, 0) is 38.3 Å². The number of hydrogen-bond acceptors (Lipinski definition) is 5. The number of aryl methyl sites for hydroxylation is 1. The van der Waals surface area contributed by atoms with Crippen LogP contribution in [0.1, 0.15) is 32.6 Å². The molecule has 2 fully saturated rings. The van der Waals surface area contributed by atoms with Crippen LogP contribution < -0.4 is 10.6 Å². The summed E-state index contributed by atoms with van der Waals surface area (Å²) < 4.78 is 34.6. The summed E-state index contributed by atoms with van der Waals surface area (Å²) >= 11 is 0. The van der Waals surface area contributed by atoms with Crippen LogP contribution in [0.25, 0.3) is 11.2 Å². The number of piperidine rings is 1. The number of carbonyl (C=O) groups is 1. The van der Waals surface area contributed by atoms with Crippen molar-refractivity contribution in [2.75, 3.05) is 18.1 Å². The number of nitrogens with zero attached hydrogens (tertiary/aromatic N) is 4. The van der Waals surface area contributed by atoms with E-state index in [0.29, 0.717) is 36.6 Å². The second-order valence-electron chi connectivity index (χ2n) is 7.58. The zero-order valence-corrected chi connectivity index (χ0v) is 16.0. The third-order valence-corrected chi connectivity index (χ3v) is 5.68. The highest BCUT2D eigenvalue weighted by Gasteiger charge is 2.57. The van der Waals surface area contributed by atoms with Crippen LogP contribution in [0.4, 0.5) is 14.6 Å². The molecule has 0 aromatic carbocycles. The van der Waals surface area contributed by atoms with Gasteiger partial charge >= 0.3 is 11.7 Å². The van der Waals surface area contributed by atoms with Gasteiger partial charge in [-0.15, -0.1) is 0 Å². The minimum absolute atomic E-state index is 0.0145. The molecule has 1 saturated carbocycles. The first-order valence-corrected chi connectivity index (χ1v) is 9.71. The molecule has 1 saturated heterocycles. The fourth-order valence-corrected chi connectivity index (χ4v) is 3.98. The normalized spacial score (nSPS) is 23.8. The van der Waals surface area contributed by atoms with E-state index < -0.39 is 17.9 Å². The van der Waals surface area contributed by atoms with Gasteiger partial charge in [0.25, 0.3) is 5.92 Å². The topological polar surface area (TPSA) is 69.4 Å². The van der Waals surface area contributed by atoms with Gasteiger partial charge in [-0.2, -0.15) is 0 Å². The largest absolute Gasteiger partial charge is 0.464 e. The second kappa shape index (κ2) is 6.86. The third-order valence-electron chi connectivity index (χ3n) is 5.68. The number of esters is 1. The van der Waals surface area contributed by atoms with Crippen LogP contribution in [0.3, 0.4) is 0 Å². The van der Waals surface area contributed by atoms with E-state index >= 15 is 0 Å². The minimum Gasteiger partial charge on any atom is -0.464 e. The van der Waals surface area contributed by atoms with Gasteiger partial charge < -0.3 is 9.64 Å². The molecule has 2 aliphatic rings. The molecule has 2 unspecified atom stereocenters. The van der Waals surface area contributed by atoms with Crippen molar-refractivity contribution >= 4 is 23.0 Å². The Hall–Kier alpha value is -2.45. The third kappa shape index (κ3) is 3.16. The molecule has 2 atom stereocenters. The first-order valence-electron chi connectivity index (χ1n) is 9.71. The first-order chi connectivity index (χ1) is 13.3. The summed E-state index contributed by atoms with van der Waals surface area (Å²) in [7, 11) is 1.59. The molecular weight excluding hydrogens is 370 g/mol. The Kier molecular flexibility index (Phi) is 4.63. The van der Waals surface area contributed by atoms with E-state index in [9.17, 15) is 18.4 Å². The molecule has 0 bridgehead atoms. The van der Waals surface area contributed by atoms with Gasteiger partial charge in [0.05, 0.1) is 12.1 Å². The molecule has 152 valence electrons. The van der Waals surface area contributed by atoms with Crippen molar-refractivity contribution in [1.82, 2.24) is 14.1 Å². The number of carbonyl (C=O) groups excluding carboxylic acids is 1. The Morgan fingerprint density at radius 1 is 1.36 bits per heavy atom. The van der Waals surface area contributed by atoms with E-state index in [1.165, 1.54) is 9.13 Å². The Morgan fingerprint density at radius 2 is 2.11 bits per heavy atom. The molecule has 0 N–H and O–H groups in total. The molecule has 9 heteroatoms. The standard InChI is InChI=1S/C19H24F2N4O3/c1-3-28-17(26)14-6-4-5-9-24(14)15-8-7-13-16(22-15)23(2)18(27)25(13)11-12-10-19(12,20)21/h7-8,12,14H,3-6,9-11H2,1-2H3. The molecule has 2 aromatic heterocycles. The smallest absolute Gasteiger partial charge is 0.330 e. The number of hydrogen-bond donors (Lipinski definition) is 0. The SMILES string of the molecule is CCOC(=O)C1CCCCN1c1ccc2c(n1)n(C)c(=O)n2CC1CC1(F)F. The fraction of sp³-hybridized carbons (Fsp3) is 0.632. The molecule has 0 spiro atoms. The van der Waals surface area contributed by atoms with Crippen LogP contribution >= 0.6 is 0 Å². The van der Waals surface area contributed by atoms with E-state index in [1.54, 1.807) is 26.1 Å². The number of alkyl halides is 2. The Labute approximate surface area is 160 Å². The van der Waals surface area contributed by atoms with Crippen molar-refractivity contribution in [1.29, 1.82) is 0 Å². The Morgan fingerprint density at radius 3 is 2.79 bits per heavy atom. The molecule has 28 heavy (non-hydrogen) atoms. The van der Waals surface area contributed by atoms with Gasteiger partial charge in [-0.1, -0.05) is 0 Å². The summed E-state index contributed by atoms with van der Waals surface area (Å²) in [6.45, 7) is 2.75. The zero-order valence-electron chi connectivity index (χ0n) is 16.0. The van der Waals surface area contributed by atoms with Gasteiger partial charge in [0.1, 0.15) is 11.9 Å². The fourth-order valence-electron chi connectivity index (χ4n) is 3.98. The Balaban J connectivity index is 1.68. The molecular formula is C19H24F2N4O3. The van der Waals surface area contributed by atoms with Crippen molar-refractivity contribution in [3.8, 4) is 0 Å². The average molecular weight is 394 g/mol. The molecule has 4 rings (SSSR count). The lowest BCUT2D eigenvalue weighted by molar-refractivity contribution is -0.145. The highest BCUT2D eigenvalue weighted by Crippen LogP contribution is 2.49. The summed E-state index contributed by atoms with van der Waals surface area (Å²) in [5.74, 6) is -3.16. The number of anilines is 1. The number of aromatic nitrogens is 3. The minimum atomic E-state index is -2.68. The quantitative estimate of drug-likeness (QED) is 0.728. The Bertz CT molecular complexity index is 968. The second-order valence-corrected chi connectivity index (χ2v) is 7.58. The van der Waals surface area contributed by atoms with E-state index in [2.05, 4.69) is 4.98 Å². The van der Waals surface area contributed by atoms with Crippen LogP contribution in [0.2, 0.25) is 0 Å². The van der Waals surface area contributed by atoms with Gasteiger partial charge in [-0.3, -0.25) is 9.13 Å². The van der Waals surface area contributed by atoms with E-state index in [0.717, 1.165) is 12.8 Å². The lowest BCUT2D eigenvalue weighted by Crippen LogP contribution is -2.46. The molecule has 1 aliphatic carbocycles. The summed E-state index contributed by atoms with van der Waals surface area (Å²) in [4.78, 5) is 31.4. The first kappa shape index (κ1) is 18.9. The molecule has 2 aromatic rings. The van der Waals surface area contributed by atoms with Gasteiger partial charge in [-0.25, -0.2) is 23.4 Å². The van der Waals surface area contributed by atoms with Gasteiger partial charge in [0, 0.05) is 32.5 Å². The number of fused-ring (bicyclic) bond motifs is 1. The maximum atomic E-state index is 13.3. The number of imidazole rings is 1. The van der Waals surface area contributed by atoms with Gasteiger partial charge in [0.2, 0.25) is 0 Å². The van der Waals surface area contributed by atoms with Crippen LogP contribution in [0.5, 0.6) is 0 Å². The van der Waals surface area contributed by atoms with Crippen LogP contribution in [0, 0.1) is 5.92 Å². The van der Waals surface area contributed by atoms with Crippen molar-refractivity contribution in [3.63, 3.8) is 0 Å². The summed E-state index contributed by atoms with van der Waals surface area (Å²) in [5.41, 5.74) is 0.603. The predicted molar refractivity (Wildman–Crippen MR) is 99.6 cm³/mol. The molecule has 1 aliphatic heterocycles. The summed E-state index contributed by atoms with van der Waals surface area (Å²) in [6.07, 6.45) is 2.38. The monoisotopic (exact) mass is 394 g/mol. The molecule has 0 radical (unpaired) electrons. The number of rotatable bonds is 5. The lowest BCUT2D eigenvalue weighted by Gasteiger charge is -2.34. The zero-order chi connectivity index (χ0) is 20.1. The molecule has 7 nitrogen and oxygen atoms in total. The predicted octanol–water partition coefficient (Wildman–Crippen LogP) is 2.31. The number of pyridine rings is 1. The van der Waals surface area contributed by atoms with E-state index in [1.807, 2.05) is 4.90 Å². The summed E-state index contributed by atoms with van der Waals surface area (Å²) in [6, 6.07) is 3.08. The maximum absolute atomic E-state index is 13.3. The summed E-state index contributed by atoms with van der Waals surface area (Å²) in [5, 5.41) is 0. The lowest BCUT2D eigenvalue weighted by atomic mass is 10.0. The van der Waals surface area contributed by atoms with Crippen molar-refractivity contribution in [2.45, 2.75) is 51.1 Å². The average Bonchev–Trinajstić information content (AvgIpc) is 3.23.